The molecule has 0 amide bonds. The van der Waals surface area contributed by atoms with E-state index in [0.29, 0.717) is 17.7 Å². The Labute approximate surface area is 124 Å². The van der Waals surface area contributed by atoms with Crippen molar-refractivity contribution in [2.75, 3.05) is 0 Å². The van der Waals surface area contributed by atoms with Crippen LogP contribution in [0.1, 0.15) is 56.2 Å². The topological polar surface area (TPSA) is 35.0 Å². The van der Waals surface area contributed by atoms with E-state index in [4.69, 9.17) is 4.74 Å². The molecule has 0 spiro atoms. The average Bonchev–Trinajstić information content (AvgIpc) is 2.50. The van der Waals surface area contributed by atoms with Crippen LogP contribution >= 0.6 is 0 Å². The number of fused-ring (bicyclic) bond motifs is 1. The predicted molar refractivity (Wildman–Crippen MR) is 79.2 cm³/mol. The molecule has 1 aliphatic carbocycles. The molecule has 0 aliphatic heterocycles. The van der Waals surface area contributed by atoms with Crippen LogP contribution in [0.2, 0.25) is 0 Å². The fourth-order valence-electron chi connectivity index (χ4n) is 2.96. The Kier molecular flexibility index (Phi) is 3.86. The third-order valence-corrected chi connectivity index (χ3v) is 4.23. The Bertz CT molecular complexity index is 644. The smallest absolute Gasteiger partial charge is 0.239 e. The van der Waals surface area contributed by atoms with Gasteiger partial charge in [0.15, 0.2) is 11.6 Å². The summed E-state index contributed by atoms with van der Waals surface area (Å²) in [7, 11) is 0. The van der Waals surface area contributed by atoms with Gasteiger partial charge in [0.1, 0.15) is 0 Å². The fraction of sp³-hybridized carbons (Fsp3) is 0.412. The number of halogens is 1. The highest BCUT2D eigenvalue weighted by Crippen LogP contribution is 2.40. The molecule has 0 radical (unpaired) electrons. The highest BCUT2D eigenvalue weighted by atomic mass is 19.1. The number of benzene rings is 1. The molecule has 3 rings (SSSR count). The molecule has 1 aromatic carbocycles. The molecule has 4 heteroatoms. The summed E-state index contributed by atoms with van der Waals surface area (Å²) in [5.74, 6) is 1.08. The molecule has 1 aliphatic rings. The minimum Gasteiger partial charge on any atom is -0.434 e. The maximum atomic E-state index is 13.6. The van der Waals surface area contributed by atoms with Crippen LogP contribution in [0.25, 0.3) is 0 Å². The van der Waals surface area contributed by atoms with E-state index in [0.717, 1.165) is 25.0 Å². The third-order valence-electron chi connectivity index (χ3n) is 4.23. The Hall–Kier alpha value is -1.97. The standard InChI is InChI=1S/C17H19FN2O/c1-3-12-9-8-11(2)17-13(12)10-16(19-20-17)21-15-7-5-4-6-14(15)18/h4-7,10-12H,3,8-9H2,1-2H3/t11?,12-/m0/s1. The molecule has 2 aromatic rings. The molecular formula is C17H19FN2O. The second kappa shape index (κ2) is 5.80. The summed E-state index contributed by atoms with van der Waals surface area (Å²) in [6, 6.07) is 8.27. The van der Waals surface area contributed by atoms with E-state index in [1.54, 1.807) is 18.2 Å². The fourth-order valence-corrected chi connectivity index (χ4v) is 2.96. The zero-order valence-electron chi connectivity index (χ0n) is 12.3. The SMILES string of the molecule is CC[C@H]1CCC(C)c2nnc(Oc3ccccc3F)cc21. The van der Waals surface area contributed by atoms with Crippen LogP contribution in [-0.2, 0) is 0 Å². The monoisotopic (exact) mass is 286 g/mol. The molecule has 0 saturated heterocycles. The van der Waals surface area contributed by atoms with Crippen LogP contribution in [0, 0.1) is 5.82 Å². The molecular weight excluding hydrogens is 267 g/mol. The lowest BCUT2D eigenvalue weighted by molar-refractivity contribution is 0.410. The quantitative estimate of drug-likeness (QED) is 0.813. The lowest BCUT2D eigenvalue weighted by atomic mass is 9.79. The molecule has 3 nitrogen and oxygen atoms in total. The zero-order valence-corrected chi connectivity index (χ0v) is 12.3. The van der Waals surface area contributed by atoms with Crippen molar-refractivity contribution < 1.29 is 9.13 Å². The summed E-state index contributed by atoms with van der Waals surface area (Å²) in [5, 5.41) is 8.44. The molecule has 0 N–H and O–H groups in total. The van der Waals surface area contributed by atoms with Crippen molar-refractivity contribution in [1.82, 2.24) is 10.2 Å². The van der Waals surface area contributed by atoms with Gasteiger partial charge in [-0.3, -0.25) is 0 Å². The van der Waals surface area contributed by atoms with Crippen molar-refractivity contribution >= 4 is 0 Å². The normalized spacial score (nSPS) is 20.9. The van der Waals surface area contributed by atoms with Crippen LogP contribution in [0.4, 0.5) is 4.39 Å². The van der Waals surface area contributed by atoms with Gasteiger partial charge in [-0.1, -0.05) is 26.0 Å². The first kappa shape index (κ1) is 14.0. The van der Waals surface area contributed by atoms with Crippen molar-refractivity contribution in [2.45, 2.75) is 44.9 Å². The first-order valence-corrected chi connectivity index (χ1v) is 7.49. The van der Waals surface area contributed by atoms with Crippen molar-refractivity contribution in [2.24, 2.45) is 0 Å². The maximum absolute atomic E-state index is 13.6. The largest absolute Gasteiger partial charge is 0.434 e. The summed E-state index contributed by atoms with van der Waals surface area (Å²) in [6.07, 6.45) is 3.38. The molecule has 0 fully saturated rings. The summed E-state index contributed by atoms with van der Waals surface area (Å²) in [6.45, 7) is 4.36. The molecule has 1 heterocycles. The van der Waals surface area contributed by atoms with Crippen LogP contribution < -0.4 is 4.74 Å². The van der Waals surface area contributed by atoms with E-state index in [1.165, 1.54) is 11.6 Å². The van der Waals surface area contributed by atoms with Gasteiger partial charge in [-0.15, -0.1) is 5.10 Å². The lowest BCUT2D eigenvalue weighted by Gasteiger charge is -2.27. The van der Waals surface area contributed by atoms with E-state index < -0.39 is 5.82 Å². The second-order valence-corrected chi connectivity index (χ2v) is 5.64. The van der Waals surface area contributed by atoms with Crippen molar-refractivity contribution in [3.63, 3.8) is 0 Å². The van der Waals surface area contributed by atoms with E-state index in [2.05, 4.69) is 24.0 Å². The number of rotatable bonds is 3. The molecule has 0 bridgehead atoms. The van der Waals surface area contributed by atoms with Gasteiger partial charge in [0.05, 0.1) is 5.69 Å². The van der Waals surface area contributed by atoms with Gasteiger partial charge in [-0.25, -0.2) is 4.39 Å². The third kappa shape index (κ3) is 2.75. The summed E-state index contributed by atoms with van der Waals surface area (Å²) >= 11 is 0. The van der Waals surface area contributed by atoms with E-state index in [9.17, 15) is 4.39 Å². The van der Waals surface area contributed by atoms with Crippen LogP contribution in [-0.4, -0.2) is 10.2 Å². The highest BCUT2D eigenvalue weighted by molar-refractivity contribution is 5.35. The molecule has 21 heavy (non-hydrogen) atoms. The number of aromatic nitrogens is 2. The minimum absolute atomic E-state index is 0.184. The Morgan fingerprint density at radius 2 is 2.05 bits per heavy atom. The van der Waals surface area contributed by atoms with Gasteiger partial charge in [0, 0.05) is 12.0 Å². The van der Waals surface area contributed by atoms with Gasteiger partial charge in [0.2, 0.25) is 5.88 Å². The van der Waals surface area contributed by atoms with E-state index in [1.807, 2.05) is 6.07 Å². The Morgan fingerprint density at radius 3 is 2.81 bits per heavy atom. The van der Waals surface area contributed by atoms with Crippen molar-refractivity contribution in [1.29, 1.82) is 0 Å². The van der Waals surface area contributed by atoms with Crippen molar-refractivity contribution in [3.05, 3.63) is 47.4 Å². The van der Waals surface area contributed by atoms with Gasteiger partial charge in [0.25, 0.3) is 0 Å². The molecule has 110 valence electrons. The lowest BCUT2D eigenvalue weighted by Crippen LogP contribution is -2.15. The maximum Gasteiger partial charge on any atom is 0.239 e. The van der Waals surface area contributed by atoms with Gasteiger partial charge in [-0.05, 0) is 42.9 Å². The number of hydrogen-bond donors (Lipinski definition) is 0. The van der Waals surface area contributed by atoms with Crippen molar-refractivity contribution in [3.8, 4) is 11.6 Å². The van der Waals surface area contributed by atoms with Gasteiger partial charge < -0.3 is 4.74 Å². The van der Waals surface area contributed by atoms with E-state index >= 15 is 0 Å². The number of hydrogen-bond acceptors (Lipinski definition) is 3. The first-order valence-electron chi connectivity index (χ1n) is 7.49. The molecule has 1 aromatic heterocycles. The van der Waals surface area contributed by atoms with Gasteiger partial charge in [-0.2, -0.15) is 5.10 Å². The average molecular weight is 286 g/mol. The number of para-hydroxylation sites is 1. The summed E-state index contributed by atoms with van der Waals surface area (Å²) < 4.78 is 19.2. The molecule has 1 unspecified atom stereocenters. The van der Waals surface area contributed by atoms with E-state index in [-0.39, 0.29) is 5.75 Å². The first-order chi connectivity index (χ1) is 10.2. The minimum atomic E-state index is -0.391. The Balaban J connectivity index is 1.93. The predicted octanol–water partition coefficient (Wildman–Crippen LogP) is 4.80. The highest BCUT2D eigenvalue weighted by Gasteiger charge is 2.26. The zero-order chi connectivity index (χ0) is 14.8. The van der Waals surface area contributed by atoms with Crippen LogP contribution in [0.15, 0.2) is 30.3 Å². The van der Waals surface area contributed by atoms with Crippen LogP contribution in [0.5, 0.6) is 11.6 Å². The number of nitrogens with zero attached hydrogens (tertiary/aromatic N) is 2. The van der Waals surface area contributed by atoms with Crippen LogP contribution in [0.3, 0.4) is 0 Å². The molecule has 0 saturated carbocycles. The number of ether oxygens (including phenoxy) is 1. The summed E-state index contributed by atoms with van der Waals surface area (Å²) in [5.41, 5.74) is 2.27. The van der Waals surface area contributed by atoms with Gasteiger partial charge >= 0.3 is 0 Å². The summed E-state index contributed by atoms with van der Waals surface area (Å²) in [4.78, 5) is 0. The molecule has 2 atom stereocenters. The Morgan fingerprint density at radius 1 is 1.24 bits per heavy atom. The second-order valence-electron chi connectivity index (χ2n) is 5.64.